The third-order valence-electron chi connectivity index (χ3n) is 3.94. The SMILES string of the molecule is COc1cccc(C2CC(Nc3cc(Cl)cc(Cl)c3)C2)c1. The second-order valence-corrected chi connectivity index (χ2v) is 6.32. The molecule has 1 fully saturated rings. The van der Waals surface area contributed by atoms with Gasteiger partial charge in [0, 0.05) is 21.8 Å². The number of methoxy groups -OCH3 is 1. The third-order valence-corrected chi connectivity index (χ3v) is 4.37. The molecular weight excluding hydrogens is 305 g/mol. The van der Waals surface area contributed by atoms with Crippen LogP contribution in [0, 0.1) is 0 Å². The van der Waals surface area contributed by atoms with Crippen LogP contribution in [0.2, 0.25) is 10.0 Å². The van der Waals surface area contributed by atoms with Crippen LogP contribution >= 0.6 is 23.2 Å². The van der Waals surface area contributed by atoms with Crippen molar-refractivity contribution in [2.75, 3.05) is 12.4 Å². The molecule has 0 radical (unpaired) electrons. The van der Waals surface area contributed by atoms with E-state index >= 15 is 0 Å². The Balaban J connectivity index is 1.60. The number of nitrogens with one attached hydrogen (secondary N) is 1. The summed E-state index contributed by atoms with van der Waals surface area (Å²) >= 11 is 12.0. The van der Waals surface area contributed by atoms with Crippen LogP contribution in [-0.4, -0.2) is 13.2 Å². The Bertz CT molecular complexity index is 618. The van der Waals surface area contributed by atoms with Crippen LogP contribution in [0.3, 0.4) is 0 Å². The molecule has 0 heterocycles. The van der Waals surface area contributed by atoms with E-state index in [1.54, 1.807) is 13.2 Å². The molecule has 3 rings (SSSR count). The van der Waals surface area contributed by atoms with Crippen LogP contribution in [-0.2, 0) is 0 Å². The topological polar surface area (TPSA) is 21.3 Å². The Morgan fingerprint density at radius 3 is 2.43 bits per heavy atom. The van der Waals surface area contributed by atoms with E-state index in [0.717, 1.165) is 24.3 Å². The van der Waals surface area contributed by atoms with Crippen molar-refractivity contribution in [3.63, 3.8) is 0 Å². The van der Waals surface area contributed by atoms with E-state index < -0.39 is 0 Å². The number of ether oxygens (including phenoxy) is 1. The van der Waals surface area contributed by atoms with Gasteiger partial charge in [0.25, 0.3) is 0 Å². The van der Waals surface area contributed by atoms with Crippen molar-refractivity contribution >= 4 is 28.9 Å². The number of halogens is 2. The first-order chi connectivity index (χ1) is 10.1. The van der Waals surface area contributed by atoms with Gasteiger partial charge in [0.2, 0.25) is 0 Å². The zero-order valence-electron chi connectivity index (χ0n) is 11.8. The Labute approximate surface area is 135 Å². The van der Waals surface area contributed by atoms with Crippen LogP contribution < -0.4 is 10.1 Å². The first kappa shape index (κ1) is 14.6. The van der Waals surface area contributed by atoms with E-state index in [1.807, 2.05) is 24.3 Å². The lowest BCUT2D eigenvalue weighted by Crippen LogP contribution is -2.33. The molecule has 0 atom stereocenters. The molecule has 0 aromatic heterocycles. The number of rotatable bonds is 4. The standard InChI is InChI=1S/C17H17Cl2NO/c1-21-17-4-2-3-11(7-17)12-5-15(6-12)20-16-9-13(18)8-14(19)10-16/h2-4,7-10,12,15,20H,5-6H2,1H3. The Hall–Kier alpha value is -1.38. The molecule has 2 nitrogen and oxygen atoms in total. The lowest BCUT2D eigenvalue weighted by Gasteiger charge is -2.37. The summed E-state index contributed by atoms with van der Waals surface area (Å²) in [5, 5.41) is 4.81. The highest BCUT2D eigenvalue weighted by atomic mass is 35.5. The summed E-state index contributed by atoms with van der Waals surface area (Å²) in [5.41, 5.74) is 2.33. The molecule has 1 aliphatic carbocycles. The monoisotopic (exact) mass is 321 g/mol. The van der Waals surface area contributed by atoms with Crippen molar-refractivity contribution in [1.29, 1.82) is 0 Å². The fourth-order valence-corrected chi connectivity index (χ4v) is 3.30. The number of hydrogen-bond donors (Lipinski definition) is 1. The zero-order chi connectivity index (χ0) is 14.8. The molecule has 110 valence electrons. The van der Waals surface area contributed by atoms with E-state index in [2.05, 4.69) is 17.4 Å². The second-order valence-electron chi connectivity index (χ2n) is 5.44. The van der Waals surface area contributed by atoms with Gasteiger partial charge in [0.1, 0.15) is 5.75 Å². The normalized spacial score (nSPS) is 20.7. The minimum atomic E-state index is 0.468. The van der Waals surface area contributed by atoms with Crippen molar-refractivity contribution in [2.45, 2.75) is 24.8 Å². The molecule has 0 aliphatic heterocycles. The summed E-state index contributed by atoms with van der Waals surface area (Å²) in [6.45, 7) is 0. The average Bonchev–Trinajstić information content (AvgIpc) is 2.41. The van der Waals surface area contributed by atoms with Crippen LogP contribution in [0.15, 0.2) is 42.5 Å². The summed E-state index contributed by atoms with van der Waals surface area (Å²) in [6, 6.07) is 14.3. The maximum absolute atomic E-state index is 6.01. The number of anilines is 1. The minimum Gasteiger partial charge on any atom is -0.497 e. The lowest BCUT2D eigenvalue weighted by atomic mass is 9.76. The average molecular weight is 322 g/mol. The number of hydrogen-bond acceptors (Lipinski definition) is 2. The Morgan fingerprint density at radius 2 is 1.76 bits per heavy atom. The molecule has 21 heavy (non-hydrogen) atoms. The van der Waals surface area contributed by atoms with Gasteiger partial charge in [-0.3, -0.25) is 0 Å². The summed E-state index contributed by atoms with van der Waals surface area (Å²) < 4.78 is 5.28. The van der Waals surface area contributed by atoms with E-state index in [1.165, 1.54) is 5.56 Å². The van der Waals surface area contributed by atoms with E-state index in [0.29, 0.717) is 22.0 Å². The fourth-order valence-electron chi connectivity index (χ4n) is 2.78. The molecule has 1 N–H and O–H groups in total. The van der Waals surface area contributed by atoms with Gasteiger partial charge in [-0.2, -0.15) is 0 Å². The number of benzene rings is 2. The van der Waals surface area contributed by atoms with Crippen LogP contribution in [0.4, 0.5) is 5.69 Å². The fraction of sp³-hybridized carbons (Fsp3) is 0.294. The van der Waals surface area contributed by atoms with Gasteiger partial charge in [-0.25, -0.2) is 0 Å². The van der Waals surface area contributed by atoms with Crippen LogP contribution in [0.25, 0.3) is 0 Å². The first-order valence-corrected chi connectivity index (χ1v) is 7.76. The quantitative estimate of drug-likeness (QED) is 0.818. The van der Waals surface area contributed by atoms with Crippen molar-refractivity contribution in [3.8, 4) is 5.75 Å². The third kappa shape index (κ3) is 3.45. The molecule has 4 heteroatoms. The predicted molar refractivity (Wildman–Crippen MR) is 88.8 cm³/mol. The molecule has 0 spiro atoms. The molecular formula is C17H17Cl2NO. The van der Waals surface area contributed by atoms with Gasteiger partial charge in [-0.15, -0.1) is 0 Å². The smallest absolute Gasteiger partial charge is 0.119 e. The first-order valence-electron chi connectivity index (χ1n) is 7.00. The van der Waals surface area contributed by atoms with Crippen molar-refractivity contribution in [2.24, 2.45) is 0 Å². The van der Waals surface area contributed by atoms with Gasteiger partial charge in [-0.1, -0.05) is 35.3 Å². The van der Waals surface area contributed by atoms with Gasteiger partial charge in [0.15, 0.2) is 0 Å². The van der Waals surface area contributed by atoms with E-state index in [9.17, 15) is 0 Å². The summed E-state index contributed by atoms with van der Waals surface area (Å²) in [4.78, 5) is 0. The summed E-state index contributed by atoms with van der Waals surface area (Å²) in [6.07, 6.45) is 2.22. The second kappa shape index (κ2) is 6.17. The molecule has 0 amide bonds. The highest BCUT2D eigenvalue weighted by Crippen LogP contribution is 2.39. The molecule has 1 saturated carbocycles. The molecule has 2 aromatic carbocycles. The predicted octanol–water partition coefficient (Wildman–Crippen LogP) is 5.36. The van der Waals surface area contributed by atoms with Gasteiger partial charge in [-0.05, 0) is 54.7 Å². The Morgan fingerprint density at radius 1 is 1.05 bits per heavy atom. The Kier molecular flexibility index (Phi) is 4.27. The molecule has 2 aromatic rings. The molecule has 1 aliphatic rings. The lowest BCUT2D eigenvalue weighted by molar-refractivity contribution is 0.370. The largest absolute Gasteiger partial charge is 0.497 e. The van der Waals surface area contributed by atoms with Crippen molar-refractivity contribution < 1.29 is 4.74 Å². The maximum atomic E-state index is 6.01. The van der Waals surface area contributed by atoms with E-state index in [4.69, 9.17) is 27.9 Å². The summed E-state index contributed by atoms with van der Waals surface area (Å²) in [5.74, 6) is 1.51. The summed E-state index contributed by atoms with van der Waals surface area (Å²) in [7, 11) is 1.70. The van der Waals surface area contributed by atoms with Crippen molar-refractivity contribution in [1.82, 2.24) is 0 Å². The van der Waals surface area contributed by atoms with Crippen molar-refractivity contribution in [3.05, 3.63) is 58.1 Å². The highest BCUT2D eigenvalue weighted by molar-refractivity contribution is 6.35. The zero-order valence-corrected chi connectivity index (χ0v) is 13.3. The molecule has 0 bridgehead atoms. The maximum Gasteiger partial charge on any atom is 0.119 e. The minimum absolute atomic E-state index is 0.468. The van der Waals surface area contributed by atoms with Gasteiger partial charge < -0.3 is 10.1 Å². The van der Waals surface area contributed by atoms with Gasteiger partial charge in [0.05, 0.1) is 7.11 Å². The van der Waals surface area contributed by atoms with E-state index in [-0.39, 0.29) is 0 Å². The van der Waals surface area contributed by atoms with Crippen LogP contribution in [0.1, 0.15) is 24.3 Å². The molecule has 0 saturated heterocycles. The van der Waals surface area contributed by atoms with Gasteiger partial charge >= 0.3 is 0 Å². The molecule has 0 unspecified atom stereocenters. The van der Waals surface area contributed by atoms with Crippen LogP contribution in [0.5, 0.6) is 5.75 Å². The highest BCUT2D eigenvalue weighted by Gasteiger charge is 2.30.